The molecule has 0 bridgehead atoms. The SMILES string of the molecule is C=C(C)c1ccccc1.CCCCCCCCCCCCS. The average Bonchev–Trinajstić information content (AvgIpc) is 2.55. The van der Waals surface area contributed by atoms with E-state index in [9.17, 15) is 0 Å². The van der Waals surface area contributed by atoms with Gasteiger partial charge in [-0.15, -0.1) is 0 Å². The van der Waals surface area contributed by atoms with Gasteiger partial charge in [0.25, 0.3) is 0 Å². The van der Waals surface area contributed by atoms with Crippen molar-refractivity contribution >= 4 is 18.2 Å². The topological polar surface area (TPSA) is 0 Å². The van der Waals surface area contributed by atoms with E-state index >= 15 is 0 Å². The predicted molar refractivity (Wildman–Crippen MR) is 107 cm³/mol. The molecule has 0 nitrogen and oxygen atoms in total. The molecule has 1 aromatic carbocycles. The Morgan fingerprint density at radius 1 is 0.818 bits per heavy atom. The first-order valence-electron chi connectivity index (χ1n) is 9.04. The number of rotatable bonds is 11. The summed E-state index contributed by atoms with van der Waals surface area (Å²) in [4.78, 5) is 0. The van der Waals surface area contributed by atoms with Crippen molar-refractivity contribution in [3.8, 4) is 0 Å². The van der Waals surface area contributed by atoms with Crippen molar-refractivity contribution in [3.05, 3.63) is 42.5 Å². The maximum Gasteiger partial charge on any atom is -0.00979 e. The van der Waals surface area contributed by atoms with Crippen LogP contribution in [-0.4, -0.2) is 5.75 Å². The summed E-state index contributed by atoms with van der Waals surface area (Å²) in [7, 11) is 0. The monoisotopic (exact) mass is 320 g/mol. The summed E-state index contributed by atoms with van der Waals surface area (Å²) in [6, 6.07) is 10.2. The summed E-state index contributed by atoms with van der Waals surface area (Å²) in [5, 5.41) is 0. The minimum atomic E-state index is 1.07. The summed E-state index contributed by atoms with van der Waals surface area (Å²) in [5.74, 6) is 1.07. The van der Waals surface area contributed by atoms with E-state index < -0.39 is 0 Å². The van der Waals surface area contributed by atoms with Gasteiger partial charge in [-0.25, -0.2) is 0 Å². The van der Waals surface area contributed by atoms with E-state index in [2.05, 4.69) is 38.3 Å². The van der Waals surface area contributed by atoms with Crippen LogP contribution in [0.1, 0.15) is 83.6 Å². The third kappa shape index (κ3) is 14.3. The lowest BCUT2D eigenvalue weighted by Gasteiger charge is -2.00. The quantitative estimate of drug-likeness (QED) is 0.315. The fraction of sp³-hybridized carbons (Fsp3) is 0.619. The molecule has 1 heteroatoms. The number of unbranched alkanes of at least 4 members (excludes halogenated alkanes) is 9. The first-order chi connectivity index (χ1) is 10.7. The van der Waals surface area contributed by atoms with Crippen LogP contribution >= 0.6 is 12.6 Å². The van der Waals surface area contributed by atoms with Crippen LogP contribution in [0, 0.1) is 0 Å². The Morgan fingerprint density at radius 3 is 1.64 bits per heavy atom. The standard InChI is InChI=1S/C12H26S.C9H10/c1-2-3-4-5-6-7-8-9-10-11-12-13;1-8(2)9-6-4-3-5-7-9/h13H,2-12H2,1H3;3-7H,1H2,2H3. The van der Waals surface area contributed by atoms with E-state index in [0.717, 1.165) is 11.3 Å². The minimum Gasteiger partial charge on any atom is -0.179 e. The van der Waals surface area contributed by atoms with Gasteiger partial charge in [0.2, 0.25) is 0 Å². The van der Waals surface area contributed by atoms with Crippen LogP contribution in [-0.2, 0) is 0 Å². The van der Waals surface area contributed by atoms with Gasteiger partial charge in [0.15, 0.2) is 0 Å². The highest BCUT2D eigenvalue weighted by molar-refractivity contribution is 7.80. The van der Waals surface area contributed by atoms with Crippen molar-refractivity contribution in [1.82, 2.24) is 0 Å². The molecular formula is C21H36S. The Labute approximate surface area is 144 Å². The molecule has 0 N–H and O–H groups in total. The second-order valence-electron chi connectivity index (χ2n) is 6.05. The molecule has 0 aliphatic rings. The fourth-order valence-electron chi connectivity index (χ4n) is 2.32. The Balaban J connectivity index is 0.000000425. The molecule has 126 valence electrons. The van der Waals surface area contributed by atoms with Crippen molar-refractivity contribution in [2.45, 2.75) is 78.1 Å². The van der Waals surface area contributed by atoms with Crippen LogP contribution in [0.2, 0.25) is 0 Å². The summed E-state index contributed by atoms with van der Waals surface area (Å²) >= 11 is 4.20. The van der Waals surface area contributed by atoms with Crippen LogP contribution < -0.4 is 0 Å². The van der Waals surface area contributed by atoms with Crippen LogP contribution in [0.3, 0.4) is 0 Å². The molecule has 0 fully saturated rings. The van der Waals surface area contributed by atoms with Crippen molar-refractivity contribution in [3.63, 3.8) is 0 Å². The molecule has 22 heavy (non-hydrogen) atoms. The fourth-order valence-corrected chi connectivity index (χ4v) is 2.55. The summed E-state index contributed by atoms with van der Waals surface area (Å²) in [5.41, 5.74) is 2.34. The Hall–Kier alpha value is -0.690. The lowest BCUT2D eigenvalue weighted by molar-refractivity contribution is 0.563. The molecule has 1 rings (SSSR count). The van der Waals surface area contributed by atoms with Crippen molar-refractivity contribution < 1.29 is 0 Å². The Morgan fingerprint density at radius 2 is 1.27 bits per heavy atom. The molecule has 0 spiro atoms. The highest BCUT2D eigenvalue weighted by atomic mass is 32.1. The maximum atomic E-state index is 4.20. The van der Waals surface area contributed by atoms with Gasteiger partial charge < -0.3 is 0 Å². The van der Waals surface area contributed by atoms with Crippen molar-refractivity contribution in [2.24, 2.45) is 0 Å². The molecule has 0 aliphatic carbocycles. The largest absolute Gasteiger partial charge is 0.179 e. The van der Waals surface area contributed by atoms with Gasteiger partial charge in [-0.1, -0.05) is 107 Å². The normalized spacial score (nSPS) is 9.95. The molecular weight excluding hydrogens is 284 g/mol. The van der Waals surface area contributed by atoms with Gasteiger partial charge in [0.1, 0.15) is 0 Å². The van der Waals surface area contributed by atoms with Crippen LogP contribution in [0.25, 0.3) is 5.57 Å². The molecule has 0 heterocycles. The second kappa shape index (κ2) is 16.7. The molecule has 0 atom stereocenters. The molecule has 0 unspecified atom stereocenters. The van der Waals surface area contributed by atoms with Gasteiger partial charge in [0, 0.05) is 0 Å². The number of benzene rings is 1. The van der Waals surface area contributed by atoms with Crippen molar-refractivity contribution in [2.75, 3.05) is 5.75 Å². The number of thiol groups is 1. The molecule has 0 aromatic heterocycles. The molecule has 0 amide bonds. The highest BCUT2D eigenvalue weighted by Crippen LogP contribution is 2.10. The molecule has 1 aromatic rings. The molecule has 0 radical (unpaired) electrons. The zero-order valence-electron chi connectivity index (χ0n) is 14.8. The van der Waals surface area contributed by atoms with E-state index in [1.165, 1.54) is 69.8 Å². The van der Waals surface area contributed by atoms with Gasteiger partial charge in [-0.05, 0) is 24.7 Å². The molecule has 0 saturated carbocycles. The predicted octanol–water partition coefficient (Wildman–Crippen LogP) is 7.56. The maximum absolute atomic E-state index is 4.20. The smallest absolute Gasteiger partial charge is 0.00979 e. The van der Waals surface area contributed by atoms with E-state index in [1.54, 1.807) is 0 Å². The van der Waals surface area contributed by atoms with E-state index in [0.29, 0.717) is 0 Å². The van der Waals surface area contributed by atoms with Gasteiger partial charge >= 0.3 is 0 Å². The van der Waals surface area contributed by atoms with Crippen LogP contribution in [0.4, 0.5) is 0 Å². The van der Waals surface area contributed by atoms with E-state index in [-0.39, 0.29) is 0 Å². The van der Waals surface area contributed by atoms with E-state index in [1.807, 2.05) is 25.1 Å². The molecule has 0 saturated heterocycles. The van der Waals surface area contributed by atoms with Gasteiger partial charge in [-0.3, -0.25) is 0 Å². The first kappa shape index (κ1) is 21.3. The zero-order valence-corrected chi connectivity index (χ0v) is 15.7. The lowest BCUT2D eigenvalue weighted by atomic mass is 10.1. The lowest BCUT2D eigenvalue weighted by Crippen LogP contribution is -1.81. The Kier molecular flexibility index (Phi) is 16.2. The number of hydrogen-bond acceptors (Lipinski definition) is 1. The second-order valence-corrected chi connectivity index (χ2v) is 6.50. The first-order valence-corrected chi connectivity index (χ1v) is 9.67. The number of hydrogen-bond donors (Lipinski definition) is 1. The van der Waals surface area contributed by atoms with Crippen molar-refractivity contribution in [1.29, 1.82) is 0 Å². The van der Waals surface area contributed by atoms with E-state index in [4.69, 9.17) is 0 Å². The molecule has 0 aliphatic heterocycles. The van der Waals surface area contributed by atoms with Crippen LogP contribution in [0.5, 0.6) is 0 Å². The average molecular weight is 321 g/mol. The summed E-state index contributed by atoms with van der Waals surface area (Å²) in [6.07, 6.45) is 14.2. The zero-order chi connectivity index (χ0) is 16.5. The third-order valence-corrected chi connectivity index (χ3v) is 4.09. The third-order valence-electron chi connectivity index (χ3n) is 3.78. The highest BCUT2D eigenvalue weighted by Gasteiger charge is 1.91. The Bertz CT molecular complexity index is 332. The van der Waals surface area contributed by atoms with Gasteiger partial charge in [0.05, 0.1) is 0 Å². The number of allylic oxidation sites excluding steroid dienone is 1. The van der Waals surface area contributed by atoms with Crippen LogP contribution in [0.15, 0.2) is 36.9 Å². The summed E-state index contributed by atoms with van der Waals surface area (Å²) in [6.45, 7) is 8.11. The minimum absolute atomic E-state index is 1.07. The summed E-state index contributed by atoms with van der Waals surface area (Å²) < 4.78 is 0. The van der Waals surface area contributed by atoms with Gasteiger partial charge in [-0.2, -0.15) is 12.6 Å².